The van der Waals surface area contributed by atoms with Crippen LogP contribution in [0.2, 0.25) is 0 Å². The van der Waals surface area contributed by atoms with Gasteiger partial charge in [-0.25, -0.2) is 23.4 Å². The summed E-state index contributed by atoms with van der Waals surface area (Å²) < 4.78 is 46.4. The molecule has 0 amide bonds. The lowest BCUT2D eigenvalue weighted by atomic mass is 9.67. The van der Waals surface area contributed by atoms with Crippen molar-refractivity contribution < 1.29 is 17.5 Å². The Bertz CT molecular complexity index is 1390. The number of sulfonamides is 1. The van der Waals surface area contributed by atoms with Crippen molar-refractivity contribution in [2.24, 2.45) is 0 Å². The van der Waals surface area contributed by atoms with Gasteiger partial charge in [0.1, 0.15) is 5.82 Å². The SMILES string of the molecule is COc1ccc(C(Cc2cccc(NS(C)(=O)=O)n2)(c2cccnc2)c2cccnc2F)cn1. The second kappa shape index (κ2) is 9.52. The van der Waals surface area contributed by atoms with Crippen LogP contribution in [0.25, 0.3) is 0 Å². The van der Waals surface area contributed by atoms with Crippen LogP contribution in [0.3, 0.4) is 0 Å². The summed E-state index contributed by atoms with van der Waals surface area (Å²) in [5.74, 6) is -0.0693. The molecular weight excluding hydrogens is 457 g/mol. The average molecular weight is 480 g/mol. The molecule has 4 heterocycles. The van der Waals surface area contributed by atoms with Crippen LogP contribution in [0, 0.1) is 5.95 Å². The van der Waals surface area contributed by atoms with Gasteiger partial charge in [0.05, 0.1) is 18.8 Å². The number of nitrogens with one attached hydrogen (secondary N) is 1. The summed E-state index contributed by atoms with van der Waals surface area (Å²) in [5.41, 5.74) is 1.06. The first-order chi connectivity index (χ1) is 16.3. The Kier molecular flexibility index (Phi) is 6.51. The first-order valence-corrected chi connectivity index (χ1v) is 12.2. The molecule has 0 fully saturated rings. The number of ether oxygens (including phenoxy) is 1. The number of pyridine rings is 4. The number of aromatic nitrogens is 4. The minimum absolute atomic E-state index is 0.166. The summed E-state index contributed by atoms with van der Waals surface area (Å²) >= 11 is 0. The second-order valence-corrected chi connectivity index (χ2v) is 9.39. The van der Waals surface area contributed by atoms with Crippen LogP contribution in [0.5, 0.6) is 5.88 Å². The van der Waals surface area contributed by atoms with E-state index in [1.165, 1.54) is 13.3 Å². The largest absolute Gasteiger partial charge is 0.481 e. The Hall–Kier alpha value is -3.92. The maximum Gasteiger partial charge on any atom is 0.230 e. The molecule has 0 saturated heterocycles. The van der Waals surface area contributed by atoms with E-state index in [9.17, 15) is 8.42 Å². The first-order valence-electron chi connectivity index (χ1n) is 10.3. The first kappa shape index (κ1) is 23.2. The highest BCUT2D eigenvalue weighted by molar-refractivity contribution is 7.92. The summed E-state index contributed by atoms with van der Waals surface area (Å²) in [6.07, 6.45) is 7.53. The van der Waals surface area contributed by atoms with Crippen LogP contribution in [0.4, 0.5) is 10.2 Å². The van der Waals surface area contributed by atoms with Gasteiger partial charge in [-0.05, 0) is 35.4 Å². The molecule has 0 saturated carbocycles. The molecule has 0 aliphatic heterocycles. The Morgan fingerprint density at radius 2 is 1.76 bits per heavy atom. The fourth-order valence-electron chi connectivity index (χ4n) is 3.95. The molecule has 4 aromatic heterocycles. The van der Waals surface area contributed by atoms with Gasteiger partial charge >= 0.3 is 0 Å². The molecule has 0 radical (unpaired) electrons. The van der Waals surface area contributed by atoms with Crippen molar-refractivity contribution in [1.29, 1.82) is 0 Å². The Morgan fingerprint density at radius 3 is 2.41 bits per heavy atom. The molecule has 4 aromatic rings. The van der Waals surface area contributed by atoms with E-state index in [2.05, 4.69) is 24.7 Å². The summed E-state index contributed by atoms with van der Waals surface area (Å²) in [4.78, 5) is 17.0. The molecule has 0 aliphatic carbocycles. The van der Waals surface area contributed by atoms with Gasteiger partial charge in [-0.1, -0.05) is 24.3 Å². The van der Waals surface area contributed by atoms with Gasteiger partial charge in [-0.3, -0.25) is 9.71 Å². The number of methoxy groups -OCH3 is 1. The van der Waals surface area contributed by atoms with Crippen LogP contribution in [0.1, 0.15) is 22.4 Å². The van der Waals surface area contributed by atoms with E-state index in [4.69, 9.17) is 4.74 Å². The maximum absolute atomic E-state index is 15.3. The van der Waals surface area contributed by atoms with Crippen LogP contribution in [0.15, 0.2) is 79.4 Å². The Morgan fingerprint density at radius 1 is 0.971 bits per heavy atom. The van der Waals surface area contributed by atoms with E-state index in [1.807, 2.05) is 12.1 Å². The summed E-state index contributed by atoms with van der Waals surface area (Å²) in [6, 6.07) is 15.4. The normalized spacial score (nSPS) is 13.1. The zero-order valence-corrected chi connectivity index (χ0v) is 19.3. The lowest BCUT2D eigenvalue weighted by Gasteiger charge is -2.35. The van der Waals surface area contributed by atoms with Crippen LogP contribution >= 0.6 is 0 Å². The third kappa shape index (κ3) is 4.86. The molecule has 174 valence electrons. The standard InChI is InChI=1S/C24H22FN5O3S/c1-33-22-11-10-18(16-28-22)24(17-6-4-12-26-15-17,20-8-5-13-27-23(20)25)14-19-7-3-9-21(29-19)30-34(2,31)32/h3-13,15-16H,14H2,1-2H3,(H,29,30). The van der Waals surface area contributed by atoms with Crippen LogP contribution in [-0.2, 0) is 21.9 Å². The summed E-state index contributed by atoms with van der Waals surface area (Å²) in [6.45, 7) is 0. The predicted molar refractivity (Wildman–Crippen MR) is 126 cm³/mol. The zero-order valence-electron chi connectivity index (χ0n) is 18.5. The minimum Gasteiger partial charge on any atom is -0.481 e. The Labute approximate surface area is 197 Å². The fraction of sp³-hybridized carbons (Fsp3) is 0.167. The van der Waals surface area contributed by atoms with Gasteiger partial charge in [-0.15, -0.1) is 0 Å². The number of anilines is 1. The lowest BCUT2D eigenvalue weighted by molar-refractivity contribution is 0.396. The third-order valence-electron chi connectivity index (χ3n) is 5.35. The summed E-state index contributed by atoms with van der Waals surface area (Å²) in [7, 11) is -2.01. The smallest absolute Gasteiger partial charge is 0.230 e. The number of hydrogen-bond acceptors (Lipinski definition) is 7. The minimum atomic E-state index is -3.52. The molecule has 1 N–H and O–H groups in total. The number of hydrogen-bond donors (Lipinski definition) is 1. The van der Waals surface area contributed by atoms with Gasteiger partial charge in [0.2, 0.25) is 21.9 Å². The molecule has 8 nitrogen and oxygen atoms in total. The zero-order chi connectivity index (χ0) is 24.2. The van der Waals surface area contributed by atoms with Crippen molar-refractivity contribution in [2.75, 3.05) is 18.1 Å². The number of nitrogens with zero attached hydrogens (tertiary/aromatic N) is 4. The highest BCUT2D eigenvalue weighted by atomic mass is 32.2. The highest BCUT2D eigenvalue weighted by Gasteiger charge is 2.40. The average Bonchev–Trinajstić information content (AvgIpc) is 2.83. The van der Waals surface area contributed by atoms with E-state index in [0.717, 1.165) is 6.26 Å². The number of rotatable bonds is 8. The van der Waals surface area contributed by atoms with Crippen molar-refractivity contribution in [1.82, 2.24) is 19.9 Å². The van der Waals surface area contributed by atoms with Gasteiger partial charge in [0.25, 0.3) is 0 Å². The van der Waals surface area contributed by atoms with Crippen molar-refractivity contribution in [3.05, 3.63) is 108 Å². The molecule has 0 aromatic carbocycles. The van der Waals surface area contributed by atoms with E-state index in [0.29, 0.717) is 28.3 Å². The topological polar surface area (TPSA) is 107 Å². The molecule has 1 unspecified atom stereocenters. The monoisotopic (exact) mass is 479 g/mol. The van der Waals surface area contributed by atoms with Crippen molar-refractivity contribution in [2.45, 2.75) is 11.8 Å². The molecule has 0 aliphatic rings. The molecule has 34 heavy (non-hydrogen) atoms. The van der Waals surface area contributed by atoms with E-state index < -0.39 is 21.4 Å². The maximum atomic E-state index is 15.3. The van der Waals surface area contributed by atoms with E-state index in [1.54, 1.807) is 61.1 Å². The molecular formula is C24H22FN5O3S. The van der Waals surface area contributed by atoms with Gasteiger partial charge < -0.3 is 4.74 Å². The quantitative estimate of drug-likeness (QED) is 0.386. The van der Waals surface area contributed by atoms with Gasteiger partial charge in [0.15, 0.2) is 0 Å². The van der Waals surface area contributed by atoms with Gasteiger partial charge in [0, 0.05) is 48.5 Å². The predicted octanol–water partition coefficient (Wildman–Crippen LogP) is 3.36. The molecule has 0 spiro atoms. The number of halogens is 1. The van der Waals surface area contributed by atoms with E-state index >= 15 is 4.39 Å². The third-order valence-corrected chi connectivity index (χ3v) is 5.93. The summed E-state index contributed by atoms with van der Waals surface area (Å²) in [5, 5.41) is 0. The Balaban J connectivity index is 1.97. The molecule has 0 bridgehead atoms. The molecule has 1 atom stereocenters. The molecule has 10 heteroatoms. The van der Waals surface area contributed by atoms with Gasteiger partial charge in [-0.2, -0.15) is 4.39 Å². The van der Waals surface area contributed by atoms with Crippen molar-refractivity contribution in [3.8, 4) is 5.88 Å². The van der Waals surface area contributed by atoms with Crippen LogP contribution in [-0.4, -0.2) is 41.7 Å². The molecule has 4 rings (SSSR count). The van der Waals surface area contributed by atoms with E-state index in [-0.39, 0.29) is 12.2 Å². The highest BCUT2D eigenvalue weighted by Crippen LogP contribution is 2.42. The van der Waals surface area contributed by atoms with Crippen molar-refractivity contribution in [3.63, 3.8) is 0 Å². The van der Waals surface area contributed by atoms with Crippen molar-refractivity contribution >= 4 is 15.8 Å². The second-order valence-electron chi connectivity index (χ2n) is 7.64. The fourth-order valence-corrected chi connectivity index (χ4v) is 4.44. The lowest BCUT2D eigenvalue weighted by Crippen LogP contribution is -2.34. The van der Waals surface area contributed by atoms with Crippen LogP contribution < -0.4 is 9.46 Å².